The van der Waals surface area contributed by atoms with Gasteiger partial charge in [0.2, 0.25) is 0 Å². The Morgan fingerprint density at radius 3 is 2.75 bits per heavy atom. The van der Waals surface area contributed by atoms with Gasteiger partial charge in [0.15, 0.2) is 0 Å². The zero-order valence-corrected chi connectivity index (χ0v) is 8.14. The van der Waals surface area contributed by atoms with Crippen LogP contribution in [0, 0.1) is 0 Å². The highest BCUT2D eigenvalue weighted by Gasteiger charge is 2.11. The second-order valence-corrected chi connectivity index (χ2v) is 3.91. The molecule has 3 N–H and O–H groups in total. The van der Waals surface area contributed by atoms with E-state index in [-0.39, 0.29) is 6.54 Å². The van der Waals surface area contributed by atoms with Crippen LogP contribution in [0.3, 0.4) is 0 Å². The van der Waals surface area contributed by atoms with Crippen LogP contribution in [0.4, 0.5) is 0 Å². The van der Waals surface area contributed by atoms with Crippen LogP contribution in [0.2, 0.25) is 0 Å². The second kappa shape index (κ2) is 3.98. The third-order valence-corrected chi connectivity index (χ3v) is 2.76. The first-order valence-electron chi connectivity index (χ1n) is 3.98. The molecule has 0 saturated heterocycles. The molecule has 12 heavy (non-hydrogen) atoms. The van der Waals surface area contributed by atoms with Crippen LogP contribution in [0.25, 0.3) is 0 Å². The number of nitrogens with two attached hydrogens (primary N) is 1. The maximum atomic E-state index is 9.34. The highest BCUT2D eigenvalue weighted by atomic mass is 32.1. The van der Waals surface area contributed by atoms with Crippen LogP contribution in [0.5, 0.6) is 0 Å². The molecule has 1 unspecified atom stereocenters. The van der Waals surface area contributed by atoms with Gasteiger partial charge in [-0.3, -0.25) is 0 Å². The molecule has 1 aromatic heterocycles. The minimum atomic E-state index is -0.603. The summed E-state index contributed by atoms with van der Waals surface area (Å²) < 4.78 is 0. The minimum Gasteiger partial charge on any atom is -0.385 e. The van der Waals surface area contributed by atoms with E-state index in [0.29, 0.717) is 11.6 Å². The fourth-order valence-corrected chi connectivity index (χ4v) is 1.72. The summed E-state index contributed by atoms with van der Waals surface area (Å²) in [5, 5.41) is 12.3. The van der Waals surface area contributed by atoms with Gasteiger partial charge >= 0.3 is 0 Å². The fraction of sp³-hybridized carbons (Fsp3) is 0.625. The van der Waals surface area contributed by atoms with Crippen molar-refractivity contribution < 1.29 is 5.11 Å². The zero-order valence-electron chi connectivity index (χ0n) is 7.32. The molecule has 4 heteroatoms. The van der Waals surface area contributed by atoms with Crippen molar-refractivity contribution in [2.75, 3.05) is 6.54 Å². The van der Waals surface area contributed by atoms with Gasteiger partial charge in [0, 0.05) is 17.8 Å². The zero-order chi connectivity index (χ0) is 9.14. The van der Waals surface area contributed by atoms with Gasteiger partial charge in [0.05, 0.1) is 10.7 Å². The first-order chi connectivity index (χ1) is 5.65. The minimum absolute atomic E-state index is 0.237. The van der Waals surface area contributed by atoms with E-state index >= 15 is 0 Å². The quantitative estimate of drug-likeness (QED) is 0.747. The van der Waals surface area contributed by atoms with Gasteiger partial charge in [0.1, 0.15) is 6.10 Å². The molecule has 0 spiro atoms. The van der Waals surface area contributed by atoms with Gasteiger partial charge in [-0.05, 0) is 0 Å². The number of hydrogen-bond donors (Lipinski definition) is 2. The number of rotatable bonds is 3. The SMILES string of the molecule is CC(C)c1nc(C(O)CN)cs1. The van der Waals surface area contributed by atoms with Crippen LogP contribution < -0.4 is 5.73 Å². The van der Waals surface area contributed by atoms with Gasteiger partial charge in [-0.2, -0.15) is 0 Å². The molecule has 1 atom stereocenters. The molecule has 0 aliphatic heterocycles. The maximum Gasteiger partial charge on any atom is 0.109 e. The Balaban J connectivity index is 2.77. The van der Waals surface area contributed by atoms with E-state index < -0.39 is 6.10 Å². The van der Waals surface area contributed by atoms with Crippen molar-refractivity contribution in [1.29, 1.82) is 0 Å². The van der Waals surface area contributed by atoms with Crippen LogP contribution >= 0.6 is 11.3 Å². The first-order valence-corrected chi connectivity index (χ1v) is 4.86. The molecule has 0 bridgehead atoms. The predicted molar refractivity (Wildman–Crippen MR) is 50.2 cm³/mol. The van der Waals surface area contributed by atoms with Crippen molar-refractivity contribution in [2.24, 2.45) is 5.73 Å². The third-order valence-electron chi connectivity index (χ3n) is 1.60. The van der Waals surface area contributed by atoms with Crippen LogP contribution in [-0.4, -0.2) is 16.6 Å². The van der Waals surface area contributed by atoms with E-state index in [9.17, 15) is 5.11 Å². The number of aromatic nitrogens is 1. The summed E-state index contributed by atoms with van der Waals surface area (Å²) in [6.07, 6.45) is -0.603. The fourth-order valence-electron chi connectivity index (χ4n) is 0.840. The van der Waals surface area contributed by atoms with E-state index in [1.54, 1.807) is 11.3 Å². The second-order valence-electron chi connectivity index (χ2n) is 3.02. The molecule has 0 aliphatic rings. The lowest BCUT2D eigenvalue weighted by atomic mass is 10.2. The third kappa shape index (κ3) is 2.03. The molecule has 68 valence electrons. The van der Waals surface area contributed by atoms with Crippen LogP contribution in [0.15, 0.2) is 5.38 Å². The Kier molecular flexibility index (Phi) is 3.20. The summed E-state index contributed by atoms with van der Waals surface area (Å²) in [5.41, 5.74) is 6.00. The van der Waals surface area contributed by atoms with Crippen molar-refractivity contribution in [2.45, 2.75) is 25.9 Å². The van der Waals surface area contributed by atoms with Gasteiger partial charge in [-0.15, -0.1) is 11.3 Å². The van der Waals surface area contributed by atoms with E-state index in [1.165, 1.54) is 0 Å². The largest absolute Gasteiger partial charge is 0.385 e. The molecule has 0 radical (unpaired) electrons. The molecular weight excluding hydrogens is 172 g/mol. The lowest BCUT2D eigenvalue weighted by Gasteiger charge is -2.02. The number of aliphatic hydroxyl groups is 1. The molecule has 0 amide bonds. The predicted octanol–water partition coefficient (Wildman–Crippen LogP) is 1.26. The number of aliphatic hydroxyl groups excluding tert-OH is 1. The van der Waals surface area contributed by atoms with Crippen LogP contribution in [-0.2, 0) is 0 Å². The smallest absolute Gasteiger partial charge is 0.109 e. The normalized spacial score (nSPS) is 13.8. The summed E-state index contributed by atoms with van der Waals surface area (Å²) in [4.78, 5) is 4.27. The van der Waals surface area contributed by atoms with Crippen molar-refractivity contribution in [3.8, 4) is 0 Å². The summed E-state index contributed by atoms with van der Waals surface area (Å²) in [7, 11) is 0. The Bertz CT molecular complexity index is 247. The van der Waals surface area contributed by atoms with Gasteiger partial charge in [0.25, 0.3) is 0 Å². The van der Waals surface area contributed by atoms with Gasteiger partial charge < -0.3 is 10.8 Å². The van der Waals surface area contributed by atoms with E-state index in [2.05, 4.69) is 18.8 Å². The topological polar surface area (TPSA) is 59.1 Å². The standard InChI is InChI=1S/C8H14N2OS/c1-5(2)8-10-6(4-12-8)7(11)3-9/h4-5,7,11H,3,9H2,1-2H3. The Morgan fingerprint density at radius 1 is 1.67 bits per heavy atom. The van der Waals surface area contributed by atoms with Crippen molar-refractivity contribution >= 4 is 11.3 Å². The van der Waals surface area contributed by atoms with Gasteiger partial charge in [-0.25, -0.2) is 4.98 Å². The average Bonchev–Trinajstić information content (AvgIpc) is 2.51. The van der Waals surface area contributed by atoms with E-state index in [0.717, 1.165) is 5.01 Å². The highest BCUT2D eigenvalue weighted by Crippen LogP contribution is 2.22. The van der Waals surface area contributed by atoms with E-state index in [4.69, 9.17) is 5.73 Å². The van der Waals surface area contributed by atoms with Crippen LogP contribution in [0.1, 0.15) is 36.6 Å². The molecular formula is C8H14N2OS. The molecule has 0 aromatic carbocycles. The molecule has 1 heterocycles. The summed E-state index contributed by atoms with van der Waals surface area (Å²) >= 11 is 1.57. The lowest BCUT2D eigenvalue weighted by molar-refractivity contribution is 0.182. The number of thiazole rings is 1. The molecule has 0 fully saturated rings. The number of nitrogens with zero attached hydrogens (tertiary/aromatic N) is 1. The average molecular weight is 186 g/mol. The summed E-state index contributed by atoms with van der Waals surface area (Å²) in [6.45, 7) is 4.40. The molecule has 0 aliphatic carbocycles. The number of hydrogen-bond acceptors (Lipinski definition) is 4. The van der Waals surface area contributed by atoms with Crippen molar-refractivity contribution in [3.05, 3.63) is 16.1 Å². The first kappa shape index (κ1) is 9.64. The molecule has 3 nitrogen and oxygen atoms in total. The summed E-state index contributed by atoms with van der Waals surface area (Å²) in [5.74, 6) is 0.425. The van der Waals surface area contributed by atoms with Crippen molar-refractivity contribution in [3.63, 3.8) is 0 Å². The molecule has 1 aromatic rings. The lowest BCUT2D eigenvalue weighted by Crippen LogP contribution is -2.11. The van der Waals surface area contributed by atoms with E-state index in [1.807, 2.05) is 5.38 Å². The Hall–Kier alpha value is -0.450. The van der Waals surface area contributed by atoms with Crippen molar-refractivity contribution in [1.82, 2.24) is 4.98 Å². The Morgan fingerprint density at radius 2 is 2.33 bits per heavy atom. The maximum absolute atomic E-state index is 9.34. The van der Waals surface area contributed by atoms with Gasteiger partial charge in [-0.1, -0.05) is 13.8 Å². The Labute approximate surface area is 76.3 Å². The highest BCUT2D eigenvalue weighted by molar-refractivity contribution is 7.09. The summed E-state index contributed by atoms with van der Waals surface area (Å²) in [6, 6.07) is 0. The molecule has 1 rings (SSSR count). The monoisotopic (exact) mass is 186 g/mol. The molecule has 0 saturated carbocycles.